The molecule has 0 aliphatic heterocycles. The van der Waals surface area contributed by atoms with Gasteiger partial charge in [0.1, 0.15) is 0 Å². The quantitative estimate of drug-likeness (QED) is 0.838. The maximum atomic E-state index is 11.4. The number of benzene rings is 2. The highest BCUT2D eigenvalue weighted by Gasteiger charge is 2.16. The number of anilines is 3. The third-order valence-electron chi connectivity index (χ3n) is 3.36. The Labute approximate surface area is 119 Å². The van der Waals surface area contributed by atoms with Crippen LogP contribution < -0.4 is 16.4 Å². The van der Waals surface area contributed by atoms with Gasteiger partial charge >= 0.3 is 0 Å². The number of rotatable bonds is 4. The van der Waals surface area contributed by atoms with Gasteiger partial charge in [-0.3, -0.25) is 4.79 Å². The lowest BCUT2D eigenvalue weighted by atomic mass is 10.1. The highest BCUT2D eigenvalue weighted by molar-refractivity contribution is 6.01. The average molecular weight is 269 g/mol. The van der Waals surface area contributed by atoms with Gasteiger partial charge in [0.25, 0.3) is 5.91 Å². The van der Waals surface area contributed by atoms with Crippen LogP contribution in [0.5, 0.6) is 0 Å². The summed E-state index contributed by atoms with van der Waals surface area (Å²) < 4.78 is 0. The summed E-state index contributed by atoms with van der Waals surface area (Å²) in [7, 11) is 0. The van der Waals surface area contributed by atoms with E-state index in [2.05, 4.69) is 4.90 Å². The Balaban J connectivity index is 2.56. The normalized spacial score (nSPS) is 10.3. The number of nitrogens with zero attached hydrogens (tertiary/aromatic N) is 1. The molecule has 4 N–H and O–H groups in total. The maximum Gasteiger partial charge on any atom is 0.250 e. The number of amides is 1. The van der Waals surface area contributed by atoms with E-state index >= 15 is 0 Å². The van der Waals surface area contributed by atoms with E-state index < -0.39 is 5.91 Å². The van der Waals surface area contributed by atoms with Gasteiger partial charge in [-0.25, -0.2) is 0 Å². The second-order valence-corrected chi connectivity index (χ2v) is 4.63. The van der Waals surface area contributed by atoms with Crippen molar-refractivity contribution in [2.45, 2.75) is 13.8 Å². The fourth-order valence-corrected chi connectivity index (χ4v) is 2.34. The van der Waals surface area contributed by atoms with Gasteiger partial charge in [-0.1, -0.05) is 24.3 Å². The maximum absolute atomic E-state index is 11.4. The van der Waals surface area contributed by atoms with Crippen LogP contribution in [0.2, 0.25) is 0 Å². The number of nitrogen functional groups attached to an aromatic ring is 1. The summed E-state index contributed by atoms with van der Waals surface area (Å²) in [4.78, 5) is 13.5. The Kier molecular flexibility index (Phi) is 3.94. The van der Waals surface area contributed by atoms with Crippen molar-refractivity contribution in [3.63, 3.8) is 0 Å². The third kappa shape index (κ3) is 2.45. The minimum absolute atomic E-state index is 0.356. The monoisotopic (exact) mass is 269 g/mol. The van der Waals surface area contributed by atoms with E-state index in [4.69, 9.17) is 11.5 Å². The topological polar surface area (TPSA) is 72.3 Å². The van der Waals surface area contributed by atoms with Crippen LogP contribution in [-0.2, 0) is 0 Å². The van der Waals surface area contributed by atoms with Crippen LogP contribution in [-0.4, -0.2) is 12.5 Å². The second-order valence-electron chi connectivity index (χ2n) is 4.63. The molecule has 2 rings (SSSR count). The molecule has 104 valence electrons. The van der Waals surface area contributed by atoms with Crippen molar-refractivity contribution in [3.05, 3.63) is 53.6 Å². The lowest BCUT2D eigenvalue weighted by Gasteiger charge is -2.27. The summed E-state index contributed by atoms with van der Waals surface area (Å²) >= 11 is 0. The van der Waals surface area contributed by atoms with Gasteiger partial charge in [-0.2, -0.15) is 0 Å². The van der Waals surface area contributed by atoms with E-state index in [1.165, 1.54) is 0 Å². The molecule has 0 aromatic heterocycles. The molecule has 4 nitrogen and oxygen atoms in total. The minimum Gasteiger partial charge on any atom is -0.396 e. The summed E-state index contributed by atoms with van der Waals surface area (Å²) in [6.07, 6.45) is 0. The Bertz CT molecular complexity index is 637. The van der Waals surface area contributed by atoms with E-state index in [1.54, 1.807) is 12.1 Å². The first-order chi connectivity index (χ1) is 9.56. The zero-order chi connectivity index (χ0) is 14.7. The fourth-order valence-electron chi connectivity index (χ4n) is 2.34. The molecular weight excluding hydrogens is 250 g/mol. The Morgan fingerprint density at radius 3 is 2.35 bits per heavy atom. The van der Waals surface area contributed by atoms with Crippen molar-refractivity contribution in [2.24, 2.45) is 5.73 Å². The van der Waals surface area contributed by atoms with Crippen LogP contribution in [0.1, 0.15) is 22.8 Å². The zero-order valence-electron chi connectivity index (χ0n) is 11.8. The predicted molar refractivity (Wildman–Crippen MR) is 83.2 cm³/mol. The summed E-state index contributed by atoms with van der Waals surface area (Å²) in [6.45, 7) is 4.84. The first kappa shape index (κ1) is 13.9. The third-order valence-corrected chi connectivity index (χ3v) is 3.36. The number of carbonyl (C=O) groups is 1. The van der Waals surface area contributed by atoms with E-state index in [-0.39, 0.29) is 0 Å². The molecule has 2 aromatic rings. The number of primary amides is 1. The summed E-state index contributed by atoms with van der Waals surface area (Å²) in [6, 6.07) is 13.4. The molecule has 0 spiro atoms. The molecular formula is C16H19N3O. The van der Waals surface area contributed by atoms with Crippen LogP contribution in [0.4, 0.5) is 17.1 Å². The van der Waals surface area contributed by atoms with Gasteiger partial charge in [0, 0.05) is 12.2 Å². The number of carbonyl (C=O) groups excluding carboxylic acids is 1. The van der Waals surface area contributed by atoms with Crippen molar-refractivity contribution < 1.29 is 4.79 Å². The molecule has 0 unspecified atom stereocenters. The summed E-state index contributed by atoms with van der Waals surface area (Å²) in [5.41, 5.74) is 15.3. The number of nitrogens with two attached hydrogens (primary N) is 2. The van der Waals surface area contributed by atoms with Gasteiger partial charge < -0.3 is 16.4 Å². The van der Waals surface area contributed by atoms with Crippen molar-refractivity contribution in [1.29, 1.82) is 0 Å². The van der Waals surface area contributed by atoms with E-state index in [1.807, 2.05) is 44.2 Å². The van der Waals surface area contributed by atoms with Crippen LogP contribution >= 0.6 is 0 Å². The highest BCUT2D eigenvalue weighted by atomic mass is 16.1. The molecule has 2 aromatic carbocycles. The number of aryl methyl sites for hydroxylation is 1. The molecule has 0 aliphatic rings. The van der Waals surface area contributed by atoms with Gasteiger partial charge in [-0.05, 0) is 37.6 Å². The molecule has 0 radical (unpaired) electrons. The van der Waals surface area contributed by atoms with Crippen molar-refractivity contribution in [2.75, 3.05) is 17.2 Å². The van der Waals surface area contributed by atoms with Gasteiger partial charge in [0.05, 0.1) is 16.9 Å². The van der Waals surface area contributed by atoms with Gasteiger partial charge in [0.15, 0.2) is 0 Å². The first-order valence-corrected chi connectivity index (χ1v) is 6.57. The molecule has 0 bridgehead atoms. The van der Waals surface area contributed by atoms with Crippen molar-refractivity contribution in [1.82, 2.24) is 0 Å². The molecule has 20 heavy (non-hydrogen) atoms. The van der Waals surface area contributed by atoms with Crippen molar-refractivity contribution in [3.8, 4) is 0 Å². The Hall–Kier alpha value is -2.49. The average Bonchev–Trinajstić information content (AvgIpc) is 2.43. The molecule has 0 fully saturated rings. The van der Waals surface area contributed by atoms with E-state index in [0.29, 0.717) is 11.3 Å². The predicted octanol–water partition coefficient (Wildman–Crippen LogP) is 2.83. The standard InChI is InChI=1S/C16H19N3O/c1-3-19(13-9-5-4-7-11(13)2)14-10-6-8-12(15(14)17)16(18)20/h4-10H,3,17H2,1-2H3,(H2,18,20). The van der Waals surface area contributed by atoms with E-state index in [9.17, 15) is 4.79 Å². The lowest BCUT2D eigenvalue weighted by molar-refractivity contribution is 0.100. The molecule has 0 saturated carbocycles. The highest BCUT2D eigenvalue weighted by Crippen LogP contribution is 2.33. The zero-order valence-corrected chi connectivity index (χ0v) is 11.8. The molecule has 0 saturated heterocycles. The molecule has 0 heterocycles. The van der Waals surface area contributed by atoms with Crippen LogP contribution in [0.15, 0.2) is 42.5 Å². The van der Waals surface area contributed by atoms with Crippen LogP contribution in [0.25, 0.3) is 0 Å². The second kappa shape index (κ2) is 5.65. The van der Waals surface area contributed by atoms with Crippen LogP contribution in [0.3, 0.4) is 0 Å². The largest absolute Gasteiger partial charge is 0.396 e. The lowest BCUT2D eigenvalue weighted by Crippen LogP contribution is -2.21. The molecule has 4 heteroatoms. The van der Waals surface area contributed by atoms with Gasteiger partial charge in [0.2, 0.25) is 0 Å². The fraction of sp³-hybridized carbons (Fsp3) is 0.188. The number of para-hydroxylation sites is 2. The molecule has 0 atom stereocenters. The first-order valence-electron chi connectivity index (χ1n) is 6.57. The van der Waals surface area contributed by atoms with Crippen molar-refractivity contribution >= 4 is 23.0 Å². The van der Waals surface area contributed by atoms with E-state index in [0.717, 1.165) is 23.5 Å². The number of hydrogen-bond acceptors (Lipinski definition) is 3. The molecule has 0 aliphatic carbocycles. The minimum atomic E-state index is -0.509. The number of hydrogen-bond donors (Lipinski definition) is 2. The molecule has 1 amide bonds. The van der Waals surface area contributed by atoms with Crippen LogP contribution in [0, 0.1) is 6.92 Å². The Morgan fingerprint density at radius 2 is 1.75 bits per heavy atom. The van der Waals surface area contributed by atoms with Gasteiger partial charge in [-0.15, -0.1) is 0 Å². The Morgan fingerprint density at radius 1 is 1.10 bits per heavy atom. The SMILES string of the molecule is CCN(c1ccccc1C)c1cccc(C(N)=O)c1N. The summed E-state index contributed by atoms with van der Waals surface area (Å²) in [5.74, 6) is -0.509. The summed E-state index contributed by atoms with van der Waals surface area (Å²) in [5, 5.41) is 0. The smallest absolute Gasteiger partial charge is 0.250 e.